The minimum absolute atomic E-state index is 0.0208. The van der Waals surface area contributed by atoms with E-state index in [9.17, 15) is 4.79 Å². The summed E-state index contributed by atoms with van der Waals surface area (Å²) in [6.07, 6.45) is 0.406. The Kier molecular flexibility index (Phi) is 5.59. The van der Waals surface area contributed by atoms with Crippen molar-refractivity contribution in [2.24, 2.45) is 0 Å². The van der Waals surface area contributed by atoms with Gasteiger partial charge in [-0.05, 0) is 43.0 Å². The molecule has 0 heterocycles. The second-order valence-corrected chi connectivity index (χ2v) is 5.51. The van der Waals surface area contributed by atoms with Gasteiger partial charge >= 0.3 is 0 Å². The number of carbonyl (C=O) groups is 1. The lowest BCUT2D eigenvalue weighted by Gasteiger charge is -2.14. The number of carbonyl (C=O) groups excluding carboxylic acids is 1. The summed E-state index contributed by atoms with van der Waals surface area (Å²) in [5.74, 6) is 0.949. The fraction of sp³-hybridized carbons (Fsp3) is 0.316. The molecule has 0 aliphatic heterocycles. The lowest BCUT2D eigenvalue weighted by atomic mass is 10.1. The van der Waals surface area contributed by atoms with Crippen LogP contribution in [0.3, 0.4) is 0 Å². The van der Waals surface area contributed by atoms with Crippen molar-refractivity contribution in [1.29, 1.82) is 0 Å². The number of aryl methyl sites for hydroxylation is 2. The van der Waals surface area contributed by atoms with E-state index in [1.54, 1.807) is 0 Å². The van der Waals surface area contributed by atoms with Crippen LogP contribution in [0.15, 0.2) is 42.5 Å². The van der Waals surface area contributed by atoms with Gasteiger partial charge in [0, 0.05) is 0 Å². The summed E-state index contributed by atoms with van der Waals surface area (Å²) >= 11 is 0. The molecule has 0 bridgehead atoms. The first-order chi connectivity index (χ1) is 10.6. The van der Waals surface area contributed by atoms with Crippen LogP contribution >= 0.6 is 0 Å². The molecule has 2 aromatic carbocycles. The largest absolute Gasteiger partial charge is 0.491 e. The highest BCUT2D eigenvalue weighted by Gasteiger charge is 2.07. The lowest BCUT2D eigenvalue weighted by molar-refractivity contribution is -0.120. The van der Waals surface area contributed by atoms with Gasteiger partial charge in [-0.15, -0.1) is 0 Å². The zero-order valence-electron chi connectivity index (χ0n) is 13.5. The van der Waals surface area contributed by atoms with Crippen LogP contribution in [0.2, 0.25) is 0 Å². The van der Waals surface area contributed by atoms with E-state index >= 15 is 0 Å². The fourth-order valence-corrected chi connectivity index (χ4v) is 2.33. The number of hydrogen-bond acceptors (Lipinski definition) is 2. The lowest BCUT2D eigenvalue weighted by Crippen LogP contribution is -2.29. The van der Waals surface area contributed by atoms with Gasteiger partial charge in [0.15, 0.2) is 0 Å². The summed E-state index contributed by atoms with van der Waals surface area (Å²) in [6.45, 7) is 7.16. The van der Waals surface area contributed by atoms with Gasteiger partial charge in [-0.3, -0.25) is 4.79 Å². The number of benzene rings is 2. The van der Waals surface area contributed by atoms with Crippen LogP contribution in [0, 0.1) is 20.8 Å². The molecule has 3 heteroatoms. The minimum atomic E-state index is 0.0208. The maximum absolute atomic E-state index is 11.8. The van der Waals surface area contributed by atoms with Gasteiger partial charge in [0.2, 0.25) is 5.91 Å². The first kappa shape index (κ1) is 16.1. The minimum Gasteiger partial charge on any atom is -0.491 e. The Morgan fingerprint density at radius 2 is 1.68 bits per heavy atom. The van der Waals surface area contributed by atoms with Crippen LogP contribution in [-0.4, -0.2) is 19.1 Å². The number of rotatable bonds is 6. The third-order valence-electron chi connectivity index (χ3n) is 3.75. The Bertz CT molecular complexity index is 635. The van der Waals surface area contributed by atoms with Crippen LogP contribution < -0.4 is 10.1 Å². The van der Waals surface area contributed by atoms with Crippen molar-refractivity contribution >= 4 is 5.91 Å². The molecule has 0 aliphatic carbocycles. The van der Waals surface area contributed by atoms with E-state index in [-0.39, 0.29) is 5.91 Å². The highest BCUT2D eigenvalue weighted by atomic mass is 16.5. The van der Waals surface area contributed by atoms with Crippen LogP contribution in [0.25, 0.3) is 0 Å². The van der Waals surface area contributed by atoms with E-state index in [1.807, 2.05) is 37.3 Å². The summed E-state index contributed by atoms with van der Waals surface area (Å²) in [5, 5.41) is 2.89. The summed E-state index contributed by atoms with van der Waals surface area (Å²) in [7, 11) is 0. The normalized spacial score (nSPS) is 10.3. The summed E-state index contributed by atoms with van der Waals surface area (Å²) in [6, 6.07) is 13.9. The molecule has 22 heavy (non-hydrogen) atoms. The first-order valence-corrected chi connectivity index (χ1v) is 7.58. The van der Waals surface area contributed by atoms with E-state index in [2.05, 4.69) is 31.3 Å². The van der Waals surface area contributed by atoms with Gasteiger partial charge in [-0.2, -0.15) is 0 Å². The molecule has 1 N–H and O–H groups in total. The van der Waals surface area contributed by atoms with Crippen molar-refractivity contribution < 1.29 is 9.53 Å². The second-order valence-electron chi connectivity index (χ2n) is 5.51. The summed E-state index contributed by atoms with van der Waals surface area (Å²) < 4.78 is 5.83. The van der Waals surface area contributed by atoms with E-state index in [1.165, 1.54) is 5.56 Å². The third-order valence-corrected chi connectivity index (χ3v) is 3.75. The van der Waals surface area contributed by atoms with Crippen LogP contribution in [-0.2, 0) is 11.2 Å². The van der Waals surface area contributed by atoms with E-state index < -0.39 is 0 Å². The van der Waals surface area contributed by atoms with Crippen molar-refractivity contribution in [1.82, 2.24) is 5.32 Å². The maximum Gasteiger partial charge on any atom is 0.224 e. The topological polar surface area (TPSA) is 38.3 Å². The predicted molar refractivity (Wildman–Crippen MR) is 89.3 cm³/mol. The molecule has 2 aromatic rings. The van der Waals surface area contributed by atoms with Crippen LogP contribution in [0.1, 0.15) is 22.3 Å². The number of nitrogens with one attached hydrogen (secondary N) is 1. The molecular formula is C19H23NO2. The zero-order valence-corrected chi connectivity index (χ0v) is 13.5. The smallest absolute Gasteiger partial charge is 0.224 e. The number of hydrogen-bond donors (Lipinski definition) is 1. The predicted octanol–water partition coefficient (Wildman–Crippen LogP) is 3.35. The van der Waals surface area contributed by atoms with Gasteiger partial charge < -0.3 is 10.1 Å². The van der Waals surface area contributed by atoms with Gasteiger partial charge in [-0.25, -0.2) is 0 Å². The molecule has 116 valence electrons. The highest BCUT2D eigenvalue weighted by molar-refractivity contribution is 5.78. The Labute approximate surface area is 132 Å². The van der Waals surface area contributed by atoms with E-state index in [0.29, 0.717) is 19.6 Å². The van der Waals surface area contributed by atoms with E-state index in [4.69, 9.17) is 4.74 Å². The maximum atomic E-state index is 11.8. The molecule has 0 spiro atoms. The Morgan fingerprint density at radius 3 is 2.41 bits per heavy atom. The zero-order chi connectivity index (χ0) is 15.9. The molecule has 3 nitrogen and oxygen atoms in total. The molecular weight excluding hydrogens is 274 g/mol. The SMILES string of the molecule is Cc1ccc(C)c(OCCNC(=O)Cc2ccccc2)c1C. The average molecular weight is 297 g/mol. The van der Waals surface area contributed by atoms with Crippen molar-refractivity contribution in [2.45, 2.75) is 27.2 Å². The van der Waals surface area contributed by atoms with Gasteiger partial charge in [0.05, 0.1) is 13.0 Å². The number of ether oxygens (including phenoxy) is 1. The Morgan fingerprint density at radius 1 is 1.00 bits per heavy atom. The van der Waals surface area contributed by atoms with E-state index in [0.717, 1.165) is 22.4 Å². The molecule has 0 atom stereocenters. The molecule has 0 saturated carbocycles. The summed E-state index contributed by atoms with van der Waals surface area (Å²) in [4.78, 5) is 11.8. The molecule has 0 aromatic heterocycles. The molecule has 1 amide bonds. The molecule has 0 saturated heterocycles. The van der Waals surface area contributed by atoms with Crippen molar-refractivity contribution in [3.8, 4) is 5.75 Å². The molecule has 0 unspecified atom stereocenters. The van der Waals surface area contributed by atoms with Crippen LogP contribution in [0.4, 0.5) is 0 Å². The Balaban J connectivity index is 1.78. The molecule has 0 aliphatic rings. The monoisotopic (exact) mass is 297 g/mol. The molecule has 0 fully saturated rings. The molecule has 0 radical (unpaired) electrons. The third kappa shape index (κ3) is 4.35. The quantitative estimate of drug-likeness (QED) is 0.830. The first-order valence-electron chi connectivity index (χ1n) is 7.58. The Hall–Kier alpha value is -2.29. The summed E-state index contributed by atoms with van der Waals surface area (Å²) in [5.41, 5.74) is 4.52. The standard InChI is InChI=1S/C19H23NO2/c1-14-9-10-15(2)19(16(14)3)22-12-11-20-18(21)13-17-7-5-4-6-8-17/h4-10H,11-13H2,1-3H3,(H,20,21). The van der Waals surface area contributed by atoms with Gasteiger partial charge in [-0.1, -0.05) is 42.5 Å². The van der Waals surface area contributed by atoms with Crippen molar-refractivity contribution in [2.75, 3.05) is 13.2 Å². The van der Waals surface area contributed by atoms with Crippen molar-refractivity contribution in [3.05, 3.63) is 64.7 Å². The highest BCUT2D eigenvalue weighted by Crippen LogP contribution is 2.25. The molecule has 2 rings (SSSR count). The average Bonchev–Trinajstić information content (AvgIpc) is 2.51. The van der Waals surface area contributed by atoms with Crippen molar-refractivity contribution in [3.63, 3.8) is 0 Å². The van der Waals surface area contributed by atoms with Gasteiger partial charge in [0.25, 0.3) is 0 Å². The number of amides is 1. The van der Waals surface area contributed by atoms with Gasteiger partial charge in [0.1, 0.15) is 12.4 Å². The fourth-order valence-electron chi connectivity index (χ4n) is 2.33. The van der Waals surface area contributed by atoms with Crippen LogP contribution in [0.5, 0.6) is 5.75 Å². The second kappa shape index (κ2) is 7.64.